The fourth-order valence-corrected chi connectivity index (χ4v) is 1.99. The highest BCUT2D eigenvalue weighted by atomic mass is 16.3. The largest absolute Gasteiger partial charge is 0.380 e. The molecule has 0 aliphatic rings. The Morgan fingerprint density at radius 1 is 1.00 bits per heavy atom. The highest BCUT2D eigenvalue weighted by Gasteiger charge is 2.13. The molecule has 3 rings (SSSR count). The molecule has 1 unspecified atom stereocenters. The van der Waals surface area contributed by atoms with Gasteiger partial charge < -0.3 is 10.1 Å². The van der Waals surface area contributed by atoms with Crippen molar-refractivity contribution < 1.29 is 5.11 Å². The zero-order chi connectivity index (χ0) is 13.1. The van der Waals surface area contributed by atoms with E-state index in [1.165, 1.54) is 0 Å². The van der Waals surface area contributed by atoms with E-state index in [0.717, 1.165) is 16.8 Å². The third kappa shape index (κ3) is 2.39. The second-order valence-corrected chi connectivity index (χ2v) is 4.22. The minimum Gasteiger partial charge on any atom is -0.380 e. The number of pyridine rings is 1. The highest BCUT2D eigenvalue weighted by Crippen LogP contribution is 2.24. The predicted molar refractivity (Wildman–Crippen MR) is 72.3 cm³/mol. The third-order valence-corrected chi connectivity index (χ3v) is 2.94. The summed E-state index contributed by atoms with van der Waals surface area (Å²) < 4.78 is 0. The number of nitrogens with zero attached hydrogens (tertiary/aromatic N) is 2. The molecule has 4 nitrogen and oxygen atoms in total. The van der Waals surface area contributed by atoms with Crippen LogP contribution in [0.5, 0.6) is 0 Å². The monoisotopic (exact) mass is 251 g/mol. The van der Waals surface area contributed by atoms with Crippen molar-refractivity contribution >= 4 is 0 Å². The molecule has 0 amide bonds. The average Bonchev–Trinajstić information content (AvgIpc) is 3.02. The van der Waals surface area contributed by atoms with Gasteiger partial charge in [-0.3, -0.25) is 4.98 Å². The van der Waals surface area contributed by atoms with E-state index in [9.17, 15) is 5.11 Å². The normalized spacial score (nSPS) is 12.3. The lowest BCUT2D eigenvalue weighted by atomic mass is 10.0. The number of imidazole rings is 1. The van der Waals surface area contributed by atoms with Crippen LogP contribution < -0.4 is 0 Å². The van der Waals surface area contributed by atoms with E-state index in [0.29, 0.717) is 5.82 Å². The fraction of sp³-hybridized carbons (Fsp3) is 0.0667. The van der Waals surface area contributed by atoms with E-state index in [1.54, 1.807) is 18.6 Å². The van der Waals surface area contributed by atoms with E-state index in [2.05, 4.69) is 15.0 Å². The summed E-state index contributed by atoms with van der Waals surface area (Å²) in [6, 6.07) is 13.4. The topological polar surface area (TPSA) is 61.8 Å². The summed E-state index contributed by atoms with van der Waals surface area (Å²) in [6.07, 6.45) is 4.33. The number of aromatic amines is 1. The Hall–Kier alpha value is -2.46. The summed E-state index contributed by atoms with van der Waals surface area (Å²) in [4.78, 5) is 11.3. The van der Waals surface area contributed by atoms with Crippen molar-refractivity contribution in [2.75, 3.05) is 0 Å². The van der Waals surface area contributed by atoms with Gasteiger partial charge in [0.25, 0.3) is 0 Å². The molecule has 0 bridgehead atoms. The second kappa shape index (κ2) is 5.04. The van der Waals surface area contributed by atoms with Gasteiger partial charge in [-0.25, -0.2) is 4.98 Å². The minimum atomic E-state index is -0.751. The Balaban J connectivity index is 1.97. The van der Waals surface area contributed by atoms with Crippen LogP contribution in [0.3, 0.4) is 0 Å². The average molecular weight is 251 g/mol. The molecular weight excluding hydrogens is 238 g/mol. The molecule has 94 valence electrons. The van der Waals surface area contributed by atoms with Crippen LogP contribution in [0.1, 0.15) is 17.5 Å². The van der Waals surface area contributed by atoms with E-state index in [1.807, 2.05) is 42.5 Å². The Morgan fingerprint density at radius 2 is 1.95 bits per heavy atom. The molecule has 19 heavy (non-hydrogen) atoms. The lowest BCUT2D eigenvalue weighted by Gasteiger charge is -2.09. The molecule has 3 aromatic rings. The molecule has 2 N–H and O–H groups in total. The molecule has 2 aromatic heterocycles. The third-order valence-electron chi connectivity index (χ3n) is 2.94. The van der Waals surface area contributed by atoms with Crippen molar-refractivity contribution in [3.05, 3.63) is 72.4 Å². The fourth-order valence-electron chi connectivity index (χ4n) is 1.99. The number of aliphatic hydroxyl groups excluding tert-OH is 1. The van der Waals surface area contributed by atoms with Gasteiger partial charge in [-0.2, -0.15) is 0 Å². The van der Waals surface area contributed by atoms with Gasteiger partial charge in [0, 0.05) is 24.2 Å². The smallest absolute Gasteiger partial charge is 0.139 e. The van der Waals surface area contributed by atoms with Crippen molar-refractivity contribution in [3.8, 4) is 11.3 Å². The summed E-state index contributed by atoms with van der Waals surface area (Å²) in [5.41, 5.74) is 2.65. The summed E-state index contributed by atoms with van der Waals surface area (Å²) in [7, 11) is 0. The van der Waals surface area contributed by atoms with Crippen LogP contribution in [0.2, 0.25) is 0 Å². The first-order valence-electron chi connectivity index (χ1n) is 6.03. The zero-order valence-electron chi connectivity index (χ0n) is 10.2. The van der Waals surface area contributed by atoms with Crippen molar-refractivity contribution in [2.45, 2.75) is 6.10 Å². The molecule has 0 aliphatic carbocycles. The van der Waals surface area contributed by atoms with Gasteiger partial charge in [0.05, 0.1) is 5.69 Å². The van der Waals surface area contributed by atoms with Crippen LogP contribution in [-0.2, 0) is 0 Å². The van der Waals surface area contributed by atoms with Gasteiger partial charge in [0.2, 0.25) is 0 Å². The van der Waals surface area contributed by atoms with Crippen LogP contribution in [-0.4, -0.2) is 20.1 Å². The number of hydrogen-bond donors (Lipinski definition) is 2. The Bertz CT molecular complexity index is 650. The van der Waals surface area contributed by atoms with Gasteiger partial charge in [-0.05, 0) is 23.8 Å². The maximum Gasteiger partial charge on any atom is 0.139 e. The van der Waals surface area contributed by atoms with Gasteiger partial charge in [0.1, 0.15) is 11.9 Å². The zero-order valence-corrected chi connectivity index (χ0v) is 10.2. The second-order valence-electron chi connectivity index (χ2n) is 4.22. The van der Waals surface area contributed by atoms with Crippen molar-refractivity contribution in [1.29, 1.82) is 0 Å². The summed E-state index contributed by atoms with van der Waals surface area (Å²) in [5, 5.41) is 10.2. The molecule has 0 spiro atoms. The molecule has 0 fully saturated rings. The van der Waals surface area contributed by atoms with Crippen molar-refractivity contribution in [3.63, 3.8) is 0 Å². The first kappa shape index (κ1) is 11.6. The van der Waals surface area contributed by atoms with E-state index in [4.69, 9.17) is 0 Å². The van der Waals surface area contributed by atoms with Crippen LogP contribution in [0, 0.1) is 0 Å². The predicted octanol–water partition coefficient (Wildman–Crippen LogP) is 2.55. The van der Waals surface area contributed by atoms with Gasteiger partial charge in [0.15, 0.2) is 0 Å². The lowest BCUT2D eigenvalue weighted by Crippen LogP contribution is -2.02. The molecule has 4 heteroatoms. The molecule has 0 radical (unpaired) electrons. The summed E-state index contributed by atoms with van der Waals surface area (Å²) in [5.74, 6) is 0.540. The van der Waals surface area contributed by atoms with Crippen LogP contribution >= 0.6 is 0 Å². The summed E-state index contributed by atoms with van der Waals surface area (Å²) >= 11 is 0. The molecule has 0 aliphatic heterocycles. The quantitative estimate of drug-likeness (QED) is 0.752. The first-order chi connectivity index (χ1) is 9.34. The van der Waals surface area contributed by atoms with Gasteiger partial charge in [-0.1, -0.05) is 24.3 Å². The lowest BCUT2D eigenvalue weighted by molar-refractivity contribution is 0.211. The molecular formula is C15H13N3O. The highest BCUT2D eigenvalue weighted by molar-refractivity contribution is 5.60. The minimum absolute atomic E-state index is 0.540. The van der Waals surface area contributed by atoms with Crippen LogP contribution in [0.4, 0.5) is 0 Å². The molecule has 1 aromatic carbocycles. The maximum absolute atomic E-state index is 10.2. The Morgan fingerprint density at radius 3 is 2.68 bits per heavy atom. The number of nitrogens with one attached hydrogen (secondary N) is 1. The van der Waals surface area contributed by atoms with Crippen molar-refractivity contribution in [2.24, 2.45) is 0 Å². The number of aliphatic hydroxyl groups is 1. The molecule has 1 atom stereocenters. The van der Waals surface area contributed by atoms with E-state index < -0.39 is 6.10 Å². The number of H-pyrrole nitrogens is 1. The SMILES string of the molecule is OC(c1cccc(-c2ccccn2)c1)c1ncc[nH]1. The van der Waals surface area contributed by atoms with E-state index >= 15 is 0 Å². The Kier molecular flexibility index (Phi) is 3.08. The molecule has 0 saturated carbocycles. The Labute approximate surface area is 110 Å². The van der Waals surface area contributed by atoms with Crippen LogP contribution in [0.25, 0.3) is 11.3 Å². The van der Waals surface area contributed by atoms with Crippen LogP contribution in [0.15, 0.2) is 61.1 Å². The first-order valence-corrected chi connectivity index (χ1v) is 6.03. The number of hydrogen-bond acceptors (Lipinski definition) is 3. The summed E-state index contributed by atoms with van der Waals surface area (Å²) in [6.45, 7) is 0. The van der Waals surface area contributed by atoms with Gasteiger partial charge >= 0.3 is 0 Å². The van der Waals surface area contributed by atoms with Gasteiger partial charge in [-0.15, -0.1) is 0 Å². The number of rotatable bonds is 3. The number of benzene rings is 1. The standard InChI is InChI=1S/C15H13N3O/c19-14(15-17-8-9-18-15)12-5-3-4-11(10-12)13-6-1-2-7-16-13/h1-10,14,19H,(H,17,18). The maximum atomic E-state index is 10.2. The number of aromatic nitrogens is 3. The van der Waals surface area contributed by atoms with E-state index in [-0.39, 0.29) is 0 Å². The molecule has 2 heterocycles. The van der Waals surface area contributed by atoms with Crippen molar-refractivity contribution in [1.82, 2.24) is 15.0 Å². The molecule has 0 saturated heterocycles.